The number of hydrogen-bond acceptors (Lipinski definition) is 5. The van der Waals surface area contributed by atoms with E-state index in [-0.39, 0.29) is 0 Å². The second kappa shape index (κ2) is 11.1. The molecule has 0 saturated carbocycles. The second-order valence-corrected chi connectivity index (χ2v) is 14.1. The predicted octanol–water partition coefficient (Wildman–Crippen LogP) is 12.9. The molecule has 6 nitrogen and oxygen atoms in total. The molecule has 0 spiro atoms. The molecule has 3 aromatic heterocycles. The standard InChI is InChI=1S/C49H26N4O2/c50-27-28-6-5-9-35(24-28)53-42-22-18-33(48-51-40-20-16-31-14-12-29-7-1-3-10-36(29)44(31)46(40)54-48)25-38(42)39-26-34(19-23-43(39)53)49-52-41-21-17-32-15-13-30-8-2-4-11-37(30)45(32)47(41)55-49/h1-26H. The first-order valence-electron chi connectivity index (χ1n) is 18.2. The van der Waals surface area contributed by atoms with Crippen LogP contribution >= 0.6 is 0 Å². The first-order valence-corrected chi connectivity index (χ1v) is 18.2. The average Bonchev–Trinajstić information content (AvgIpc) is 3.97. The normalized spacial score (nSPS) is 12.0. The fourth-order valence-corrected chi connectivity index (χ4v) is 8.48. The van der Waals surface area contributed by atoms with Gasteiger partial charge < -0.3 is 13.4 Å². The van der Waals surface area contributed by atoms with Gasteiger partial charge in [0.15, 0.2) is 11.2 Å². The Kier molecular flexibility index (Phi) is 6.03. The van der Waals surface area contributed by atoms with Crippen molar-refractivity contribution in [3.05, 3.63) is 163 Å². The molecule has 3 heterocycles. The van der Waals surface area contributed by atoms with E-state index in [1.165, 1.54) is 0 Å². The minimum absolute atomic E-state index is 0.555. The van der Waals surface area contributed by atoms with Gasteiger partial charge in [-0.05, 0) is 99.0 Å². The molecule has 0 bridgehead atoms. The molecule has 0 radical (unpaired) electrons. The van der Waals surface area contributed by atoms with Crippen LogP contribution in [-0.4, -0.2) is 14.5 Å². The number of rotatable bonds is 3. The number of aromatic nitrogens is 3. The van der Waals surface area contributed by atoms with Crippen LogP contribution in [0.2, 0.25) is 0 Å². The summed E-state index contributed by atoms with van der Waals surface area (Å²) in [6.07, 6.45) is 0. The SMILES string of the molecule is N#Cc1cccc(-n2c3ccc(-c4nc5ccc6ccc7ccccc7c6c5o4)cc3c3cc(-c4nc5ccc6ccc7ccccc7c6c5o4)ccc32)c1. The lowest BCUT2D eigenvalue weighted by atomic mass is 10.0. The molecule has 0 saturated heterocycles. The maximum absolute atomic E-state index is 9.79. The molecule has 0 amide bonds. The maximum Gasteiger partial charge on any atom is 0.227 e. The van der Waals surface area contributed by atoms with E-state index in [0.717, 1.165) is 104 Å². The molecule has 6 heteroatoms. The van der Waals surface area contributed by atoms with E-state index >= 15 is 0 Å². The third kappa shape index (κ3) is 4.35. The lowest BCUT2D eigenvalue weighted by Gasteiger charge is -2.08. The summed E-state index contributed by atoms with van der Waals surface area (Å²) in [6, 6.07) is 56.3. The van der Waals surface area contributed by atoms with E-state index in [0.29, 0.717) is 17.3 Å². The third-order valence-electron chi connectivity index (χ3n) is 11.0. The Labute approximate surface area is 312 Å². The fourth-order valence-electron chi connectivity index (χ4n) is 8.48. The Morgan fingerprint density at radius 1 is 0.455 bits per heavy atom. The van der Waals surface area contributed by atoms with E-state index < -0.39 is 0 Å². The molecule has 0 fully saturated rings. The van der Waals surface area contributed by atoms with Crippen molar-refractivity contribution in [2.75, 3.05) is 0 Å². The van der Waals surface area contributed by atoms with Crippen molar-refractivity contribution in [1.29, 1.82) is 5.26 Å². The molecule has 0 unspecified atom stereocenters. The van der Waals surface area contributed by atoms with Gasteiger partial charge in [0, 0.05) is 38.4 Å². The van der Waals surface area contributed by atoms with E-state index in [9.17, 15) is 5.26 Å². The summed E-state index contributed by atoms with van der Waals surface area (Å²) in [5, 5.41) is 20.8. The molecule has 12 aromatic rings. The van der Waals surface area contributed by atoms with E-state index in [1.807, 2.05) is 36.4 Å². The van der Waals surface area contributed by atoms with Gasteiger partial charge in [0.2, 0.25) is 11.8 Å². The lowest BCUT2D eigenvalue weighted by Crippen LogP contribution is -1.94. The summed E-state index contributed by atoms with van der Waals surface area (Å²) >= 11 is 0. The predicted molar refractivity (Wildman–Crippen MR) is 222 cm³/mol. The van der Waals surface area contributed by atoms with Crippen molar-refractivity contribution in [2.24, 2.45) is 0 Å². The number of benzene rings is 9. The highest BCUT2D eigenvalue weighted by atomic mass is 16.4. The number of nitriles is 1. The summed E-state index contributed by atoms with van der Waals surface area (Å²) in [5.74, 6) is 1.11. The first kappa shape index (κ1) is 29.8. The van der Waals surface area contributed by atoms with Gasteiger partial charge in [0.05, 0.1) is 22.7 Å². The molecule has 0 N–H and O–H groups in total. The maximum atomic E-state index is 9.79. The highest BCUT2D eigenvalue weighted by Crippen LogP contribution is 2.41. The van der Waals surface area contributed by atoms with Gasteiger partial charge in [0.25, 0.3) is 0 Å². The number of oxazole rings is 2. The molecule has 254 valence electrons. The molecule has 0 atom stereocenters. The van der Waals surface area contributed by atoms with Gasteiger partial charge in [0.1, 0.15) is 11.0 Å². The Hall–Kier alpha value is -7.75. The summed E-state index contributed by atoms with van der Waals surface area (Å²) in [5.41, 5.74) is 8.40. The molecular weight excluding hydrogens is 677 g/mol. The van der Waals surface area contributed by atoms with Crippen molar-refractivity contribution < 1.29 is 8.83 Å². The van der Waals surface area contributed by atoms with Crippen LogP contribution in [-0.2, 0) is 0 Å². The zero-order valence-electron chi connectivity index (χ0n) is 29.1. The van der Waals surface area contributed by atoms with Gasteiger partial charge in [-0.3, -0.25) is 0 Å². The van der Waals surface area contributed by atoms with Gasteiger partial charge in [-0.2, -0.15) is 5.26 Å². The van der Waals surface area contributed by atoms with Gasteiger partial charge >= 0.3 is 0 Å². The topological polar surface area (TPSA) is 80.8 Å². The smallest absolute Gasteiger partial charge is 0.227 e. The minimum atomic E-state index is 0.555. The molecule has 0 aliphatic carbocycles. The van der Waals surface area contributed by atoms with Crippen LogP contribution < -0.4 is 0 Å². The van der Waals surface area contributed by atoms with Crippen LogP contribution in [0.1, 0.15) is 5.56 Å². The second-order valence-electron chi connectivity index (χ2n) is 14.1. The molecule has 9 aromatic carbocycles. The molecule has 55 heavy (non-hydrogen) atoms. The van der Waals surface area contributed by atoms with Crippen molar-refractivity contribution in [2.45, 2.75) is 0 Å². The van der Waals surface area contributed by atoms with Crippen molar-refractivity contribution in [1.82, 2.24) is 14.5 Å². The first-order chi connectivity index (χ1) is 27.2. The van der Waals surface area contributed by atoms with Gasteiger partial charge in [-0.25, -0.2) is 9.97 Å². The number of fused-ring (bicyclic) bond motifs is 13. The fraction of sp³-hybridized carbons (Fsp3) is 0. The zero-order valence-corrected chi connectivity index (χ0v) is 29.1. The van der Waals surface area contributed by atoms with E-state index in [2.05, 4.69) is 132 Å². The molecule has 0 aliphatic heterocycles. The summed E-state index contributed by atoms with van der Waals surface area (Å²) in [6.45, 7) is 0. The van der Waals surface area contributed by atoms with Gasteiger partial charge in [-0.15, -0.1) is 0 Å². The quantitative estimate of drug-likeness (QED) is 0.171. The van der Waals surface area contributed by atoms with Gasteiger partial charge in [-0.1, -0.05) is 91.0 Å². The van der Waals surface area contributed by atoms with Crippen LogP contribution in [0.25, 0.3) is 116 Å². The molecular formula is C49H26N4O2. The highest BCUT2D eigenvalue weighted by Gasteiger charge is 2.20. The average molecular weight is 703 g/mol. The Bertz CT molecular complexity index is 3430. The summed E-state index contributed by atoms with van der Waals surface area (Å²) in [7, 11) is 0. The Balaban J connectivity index is 1.09. The third-order valence-corrected chi connectivity index (χ3v) is 11.0. The summed E-state index contributed by atoms with van der Waals surface area (Å²) < 4.78 is 15.5. The Morgan fingerprint density at radius 3 is 1.51 bits per heavy atom. The van der Waals surface area contributed by atoms with Crippen LogP contribution in [0.5, 0.6) is 0 Å². The molecule has 0 aliphatic rings. The van der Waals surface area contributed by atoms with Crippen LogP contribution in [0.15, 0.2) is 167 Å². The largest absolute Gasteiger partial charge is 0.435 e. The number of nitrogens with zero attached hydrogens (tertiary/aromatic N) is 4. The van der Waals surface area contributed by atoms with Crippen molar-refractivity contribution in [3.63, 3.8) is 0 Å². The van der Waals surface area contributed by atoms with Crippen molar-refractivity contribution >= 4 is 87.1 Å². The summed E-state index contributed by atoms with van der Waals surface area (Å²) in [4.78, 5) is 10.0. The molecule has 12 rings (SSSR count). The van der Waals surface area contributed by atoms with Crippen molar-refractivity contribution in [3.8, 4) is 34.7 Å². The monoisotopic (exact) mass is 702 g/mol. The minimum Gasteiger partial charge on any atom is -0.435 e. The van der Waals surface area contributed by atoms with Crippen LogP contribution in [0, 0.1) is 11.3 Å². The highest BCUT2D eigenvalue weighted by molar-refractivity contribution is 6.19. The van der Waals surface area contributed by atoms with Crippen LogP contribution in [0.4, 0.5) is 0 Å². The zero-order chi connectivity index (χ0) is 36.2. The Morgan fingerprint density at radius 2 is 0.964 bits per heavy atom. The van der Waals surface area contributed by atoms with E-state index in [4.69, 9.17) is 18.8 Å². The van der Waals surface area contributed by atoms with Crippen LogP contribution in [0.3, 0.4) is 0 Å². The van der Waals surface area contributed by atoms with E-state index in [1.54, 1.807) is 0 Å². The lowest BCUT2D eigenvalue weighted by molar-refractivity contribution is 0.623. The number of hydrogen-bond donors (Lipinski definition) is 0.